The maximum atomic E-state index is 13.3. The molecule has 0 radical (unpaired) electrons. The van der Waals surface area contributed by atoms with E-state index in [9.17, 15) is 13.2 Å². The van der Waals surface area contributed by atoms with Gasteiger partial charge in [-0.2, -0.15) is 0 Å². The molecule has 0 saturated heterocycles. The number of halogens is 4. The average Bonchev–Trinajstić information content (AvgIpc) is 2.71. The van der Waals surface area contributed by atoms with Gasteiger partial charge in [-0.15, -0.1) is 11.3 Å². The van der Waals surface area contributed by atoms with Crippen molar-refractivity contribution in [3.8, 4) is 0 Å². The van der Waals surface area contributed by atoms with Crippen LogP contribution in [-0.4, -0.2) is 0 Å². The molecular formula is C11H7BrF3NS. The first-order valence-electron chi connectivity index (χ1n) is 4.68. The molecule has 2 rings (SSSR count). The molecule has 0 aliphatic carbocycles. The second-order valence-corrected chi connectivity index (χ2v) is 5.63. The Morgan fingerprint density at radius 1 is 1.18 bits per heavy atom. The number of hydrogen-bond donors (Lipinski definition) is 1. The zero-order valence-electron chi connectivity index (χ0n) is 8.44. The van der Waals surface area contributed by atoms with E-state index in [2.05, 4.69) is 21.2 Å². The molecule has 17 heavy (non-hydrogen) atoms. The summed E-state index contributed by atoms with van der Waals surface area (Å²) < 4.78 is 39.8. The fraction of sp³-hybridized carbons (Fsp3) is 0.0909. The van der Waals surface area contributed by atoms with E-state index in [4.69, 9.17) is 0 Å². The highest BCUT2D eigenvalue weighted by Crippen LogP contribution is 2.23. The fourth-order valence-corrected chi connectivity index (χ4v) is 2.51. The third-order valence-electron chi connectivity index (χ3n) is 2.14. The van der Waals surface area contributed by atoms with Gasteiger partial charge in [0, 0.05) is 6.54 Å². The highest BCUT2D eigenvalue weighted by Gasteiger charge is 2.12. The highest BCUT2D eigenvalue weighted by atomic mass is 79.9. The SMILES string of the molecule is Fc1ccc(NCc2csc(Br)c2)c(F)c1F. The first-order chi connectivity index (χ1) is 8.08. The molecule has 1 heterocycles. The molecule has 0 fully saturated rings. The van der Waals surface area contributed by atoms with Crippen molar-refractivity contribution in [3.63, 3.8) is 0 Å². The minimum Gasteiger partial charge on any atom is -0.378 e. The van der Waals surface area contributed by atoms with E-state index < -0.39 is 17.5 Å². The van der Waals surface area contributed by atoms with Crippen LogP contribution in [-0.2, 0) is 6.54 Å². The summed E-state index contributed by atoms with van der Waals surface area (Å²) in [5.41, 5.74) is 0.886. The number of nitrogens with one attached hydrogen (secondary N) is 1. The number of rotatable bonds is 3. The van der Waals surface area contributed by atoms with E-state index in [1.54, 1.807) is 0 Å². The van der Waals surface area contributed by atoms with E-state index >= 15 is 0 Å². The van der Waals surface area contributed by atoms with Crippen LogP contribution in [0, 0.1) is 17.5 Å². The van der Waals surface area contributed by atoms with Crippen molar-refractivity contribution in [3.05, 3.63) is 50.4 Å². The Labute approximate surface area is 108 Å². The van der Waals surface area contributed by atoms with Crippen LogP contribution in [0.1, 0.15) is 5.56 Å². The molecule has 0 bridgehead atoms. The van der Waals surface area contributed by atoms with Crippen LogP contribution in [0.3, 0.4) is 0 Å². The van der Waals surface area contributed by atoms with E-state index in [0.29, 0.717) is 6.54 Å². The van der Waals surface area contributed by atoms with E-state index in [1.807, 2.05) is 11.4 Å². The number of hydrogen-bond acceptors (Lipinski definition) is 2. The minimum atomic E-state index is -1.46. The third-order valence-corrected chi connectivity index (χ3v) is 3.69. The monoisotopic (exact) mass is 321 g/mol. The van der Waals surface area contributed by atoms with Gasteiger partial charge in [0.15, 0.2) is 17.5 Å². The topological polar surface area (TPSA) is 12.0 Å². The van der Waals surface area contributed by atoms with Gasteiger partial charge in [-0.1, -0.05) is 0 Å². The number of anilines is 1. The third kappa shape index (κ3) is 2.81. The molecule has 1 N–H and O–H groups in total. The van der Waals surface area contributed by atoms with Crippen LogP contribution in [0.4, 0.5) is 18.9 Å². The summed E-state index contributed by atoms with van der Waals surface area (Å²) in [6, 6.07) is 3.94. The van der Waals surface area contributed by atoms with Crippen molar-refractivity contribution in [1.82, 2.24) is 0 Å². The molecule has 2 aromatic rings. The van der Waals surface area contributed by atoms with Crippen molar-refractivity contribution in [2.24, 2.45) is 0 Å². The lowest BCUT2D eigenvalue weighted by Gasteiger charge is -2.07. The van der Waals surface area contributed by atoms with Crippen molar-refractivity contribution in [1.29, 1.82) is 0 Å². The van der Waals surface area contributed by atoms with Crippen LogP contribution < -0.4 is 5.32 Å². The van der Waals surface area contributed by atoms with Gasteiger partial charge in [0.25, 0.3) is 0 Å². The Hall–Kier alpha value is -1.01. The van der Waals surface area contributed by atoms with Crippen LogP contribution in [0.25, 0.3) is 0 Å². The summed E-state index contributed by atoms with van der Waals surface area (Å²) in [6.07, 6.45) is 0. The molecule has 0 aliphatic heterocycles. The predicted molar refractivity (Wildman–Crippen MR) is 65.7 cm³/mol. The van der Waals surface area contributed by atoms with E-state index in [-0.39, 0.29) is 5.69 Å². The quantitative estimate of drug-likeness (QED) is 0.818. The molecule has 1 nitrogen and oxygen atoms in total. The lowest BCUT2D eigenvalue weighted by Crippen LogP contribution is -2.03. The fourth-order valence-electron chi connectivity index (χ4n) is 1.30. The molecule has 0 saturated carbocycles. The van der Waals surface area contributed by atoms with Crippen molar-refractivity contribution in [2.45, 2.75) is 6.54 Å². The van der Waals surface area contributed by atoms with Gasteiger partial charge in [0.2, 0.25) is 0 Å². The second kappa shape index (κ2) is 5.10. The molecular weight excluding hydrogens is 315 g/mol. The Balaban J connectivity index is 2.12. The molecule has 1 aromatic carbocycles. The average molecular weight is 322 g/mol. The summed E-state index contributed by atoms with van der Waals surface area (Å²) in [7, 11) is 0. The van der Waals surface area contributed by atoms with Crippen LogP contribution in [0.5, 0.6) is 0 Å². The first-order valence-corrected chi connectivity index (χ1v) is 6.35. The normalized spacial score (nSPS) is 10.6. The van der Waals surface area contributed by atoms with Crippen LogP contribution >= 0.6 is 27.3 Å². The summed E-state index contributed by atoms with van der Waals surface area (Å²) in [6.45, 7) is 0.351. The molecule has 0 spiro atoms. The predicted octanol–water partition coefficient (Wildman–Crippen LogP) is 4.54. The Kier molecular flexibility index (Phi) is 3.73. The van der Waals surface area contributed by atoms with Gasteiger partial charge >= 0.3 is 0 Å². The lowest BCUT2D eigenvalue weighted by molar-refractivity contribution is 0.449. The van der Waals surface area contributed by atoms with Gasteiger partial charge in [-0.25, -0.2) is 13.2 Å². The van der Waals surface area contributed by atoms with E-state index in [1.165, 1.54) is 17.4 Å². The molecule has 1 aromatic heterocycles. The van der Waals surface area contributed by atoms with Crippen LogP contribution in [0.2, 0.25) is 0 Å². The summed E-state index contributed by atoms with van der Waals surface area (Å²) in [5, 5.41) is 4.60. The maximum Gasteiger partial charge on any atom is 0.196 e. The van der Waals surface area contributed by atoms with E-state index in [0.717, 1.165) is 15.4 Å². The van der Waals surface area contributed by atoms with Crippen molar-refractivity contribution >= 4 is 33.0 Å². The van der Waals surface area contributed by atoms with Crippen molar-refractivity contribution in [2.75, 3.05) is 5.32 Å². The molecule has 0 atom stereocenters. The van der Waals surface area contributed by atoms with Gasteiger partial charge in [-0.05, 0) is 45.1 Å². The summed E-state index contributed by atoms with van der Waals surface area (Å²) >= 11 is 4.80. The number of thiophene rings is 1. The zero-order valence-corrected chi connectivity index (χ0v) is 10.8. The standard InChI is InChI=1S/C11H7BrF3NS/c12-9-3-6(5-17-9)4-16-8-2-1-7(13)10(14)11(8)15/h1-3,5,16H,4H2. The van der Waals surface area contributed by atoms with Crippen molar-refractivity contribution < 1.29 is 13.2 Å². The molecule has 90 valence electrons. The van der Waals surface area contributed by atoms with Gasteiger partial charge in [-0.3, -0.25) is 0 Å². The second-order valence-electron chi connectivity index (χ2n) is 3.34. The maximum absolute atomic E-state index is 13.3. The number of benzene rings is 1. The van der Waals surface area contributed by atoms with Gasteiger partial charge in [0.1, 0.15) is 0 Å². The summed E-state index contributed by atoms with van der Waals surface area (Å²) in [4.78, 5) is 0. The first kappa shape index (κ1) is 12.4. The summed E-state index contributed by atoms with van der Waals surface area (Å²) in [5.74, 6) is -3.84. The smallest absolute Gasteiger partial charge is 0.196 e. The Morgan fingerprint density at radius 2 is 1.94 bits per heavy atom. The Morgan fingerprint density at radius 3 is 2.59 bits per heavy atom. The Bertz CT molecular complexity index is 542. The molecule has 0 aliphatic rings. The minimum absolute atomic E-state index is 0.0498. The molecule has 0 unspecified atom stereocenters. The van der Waals surface area contributed by atoms with Gasteiger partial charge < -0.3 is 5.32 Å². The molecule has 0 amide bonds. The van der Waals surface area contributed by atoms with Gasteiger partial charge in [0.05, 0.1) is 9.47 Å². The largest absolute Gasteiger partial charge is 0.378 e. The highest BCUT2D eigenvalue weighted by molar-refractivity contribution is 9.11. The lowest BCUT2D eigenvalue weighted by atomic mass is 10.2. The molecule has 6 heteroatoms. The zero-order chi connectivity index (χ0) is 12.4. The van der Waals surface area contributed by atoms with Crippen LogP contribution in [0.15, 0.2) is 27.4 Å².